The highest BCUT2D eigenvalue weighted by atomic mass is 16.5. The zero-order chi connectivity index (χ0) is 15.8. The van der Waals surface area contributed by atoms with Gasteiger partial charge in [-0.15, -0.1) is 5.10 Å². The predicted octanol–water partition coefficient (Wildman–Crippen LogP) is 1.75. The second-order valence-electron chi connectivity index (χ2n) is 4.75. The number of fused-ring (bicyclic) bond motifs is 3. The molecule has 0 aliphatic carbocycles. The Kier molecular flexibility index (Phi) is 2.90. The lowest BCUT2D eigenvalue weighted by molar-refractivity contribution is 0.101. The molecule has 2 N–H and O–H groups in total. The molecule has 0 atom stereocenters. The van der Waals surface area contributed by atoms with Gasteiger partial charge in [-0.05, 0) is 34.9 Å². The third-order valence-electron chi connectivity index (χ3n) is 3.45. The van der Waals surface area contributed by atoms with E-state index >= 15 is 0 Å². The zero-order valence-corrected chi connectivity index (χ0v) is 11.9. The quantitative estimate of drug-likeness (QED) is 0.591. The molecule has 2 heterocycles. The number of nitrogens with zero attached hydrogens (tertiary/aromatic N) is 4. The molecule has 0 radical (unpaired) electrons. The van der Waals surface area contributed by atoms with E-state index in [4.69, 9.17) is 9.26 Å². The molecule has 0 fully saturated rings. The fraction of sp³-hybridized carbons (Fsp3) is 0.0714. The molecule has 0 unspecified atom stereocenters. The lowest BCUT2D eigenvalue weighted by atomic mass is 10.1. The third kappa shape index (κ3) is 2.14. The summed E-state index contributed by atoms with van der Waals surface area (Å²) in [6.45, 7) is 0. The molecule has 23 heavy (non-hydrogen) atoms. The first kappa shape index (κ1) is 13.2. The third-order valence-corrected chi connectivity index (χ3v) is 3.45. The maximum atomic E-state index is 12.2. The highest BCUT2D eigenvalue weighted by Crippen LogP contribution is 2.30. The number of carbonyl (C=O) groups excluding carboxylic acids is 1. The van der Waals surface area contributed by atoms with Gasteiger partial charge in [0.2, 0.25) is 0 Å². The van der Waals surface area contributed by atoms with E-state index in [0.717, 1.165) is 16.5 Å². The SMILES string of the molecule is COc1ccc2c(ccc3c(C(=O)Nc4nn[nH]n4)noc32)c1. The van der Waals surface area contributed by atoms with E-state index in [1.165, 1.54) is 0 Å². The fourth-order valence-electron chi connectivity index (χ4n) is 2.37. The minimum absolute atomic E-state index is 0.0664. The second kappa shape index (κ2) is 5.05. The molecule has 0 aliphatic rings. The standard InChI is InChI=1S/C14H10N6O3/c1-22-8-3-5-9-7(6-8)2-4-10-11(18-23-12(9)10)13(21)15-14-16-19-20-17-14/h2-6H,1H3,(H2,15,16,17,19,20,21). The molecule has 0 saturated heterocycles. The summed E-state index contributed by atoms with van der Waals surface area (Å²) >= 11 is 0. The van der Waals surface area contributed by atoms with E-state index < -0.39 is 5.91 Å². The molecule has 9 nitrogen and oxygen atoms in total. The van der Waals surface area contributed by atoms with Gasteiger partial charge in [0.1, 0.15) is 5.75 Å². The molecular formula is C14H10N6O3. The molecule has 0 spiro atoms. The average Bonchev–Trinajstić information content (AvgIpc) is 3.23. The maximum Gasteiger partial charge on any atom is 0.280 e. The van der Waals surface area contributed by atoms with Gasteiger partial charge in [0, 0.05) is 5.39 Å². The van der Waals surface area contributed by atoms with Gasteiger partial charge in [0.05, 0.1) is 12.5 Å². The van der Waals surface area contributed by atoms with Gasteiger partial charge < -0.3 is 9.26 Å². The Morgan fingerprint density at radius 1 is 1.26 bits per heavy atom. The van der Waals surface area contributed by atoms with Crippen LogP contribution in [0.25, 0.3) is 21.7 Å². The number of aromatic amines is 1. The number of carbonyl (C=O) groups is 1. The van der Waals surface area contributed by atoms with Crippen LogP contribution in [0.2, 0.25) is 0 Å². The number of methoxy groups -OCH3 is 1. The molecule has 4 rings (SSSR count). The lowest BCUT2D eigenvalue weighted by Crippen LogP contribution is -2.13. The van der Waals surface area contributed by atoms with Crippen LogP contribution in [0.15, 0.2) is 34.9 Å². The summed E-state index contributed by atoms with van der Waals surface area (Å²) in [5.41, 5.74) is 0.686. The maximum absolute atomic E-state index is 12.2. The first-order valence-corrected chi connectivity index (χ1v) is 6.67. The number of benzene rings is 2. The van der Waals surface area contributed by atoms with E-state index in [-0.39, 0.29) is 11.6 Å². The summed E-state index contributed by atoms with van der Waals surface area (Å²) in [5.74, 6) is 0.334. The minimum atomic E-state index is -0.474. The molecule has 4 aromatic rings. The monoisotopic (exact) mass is 310 g/mol. The van der Waals surface area contributed by atoms with Crippen LogP contribution in [0, 0.1) is 0 Å². The van der Waals surface area contributed by atoms with Crippen molar-refractivity contribution in [1.82, 2.24) is 25.8 Å². The van der Waals surface area contributed by atoms with Crippen molar-refractivity contribution >= 4 is 33.6 Å². The van der Waals surface area contributed by atoms with Gasteiger partial charge in [0.15, 0.2) is 11.3 Å². The van der Waals surface area contributed by atoms with Crippen molar-refractivity contribution < 1.29 is 14.1 Å². The summed E-state index contributed by atoms with van der Waals surface area (Å²) in [5, 5.41) is 21.7. The predicted molar refractivity (Wildman–Crippen MR) is 80.2 cm³/mol. The zero-order valence-electron chi connectivity index (χ0n) is 11.9. The number of tetrazole rings is 1. The number of ether oxygens (including phenoxy) is 1. The Bertz CT molecular complexity index is 1010. The number of hydrogen-bond acceptors (Lipinski definition) is 7. The van der Waals surface area contributed by atoms with E-state index in [1.807, 2.05) is 24.3 Å². The molecule has 2 aromatic carbocycles. The summed E-state index contributed by atoms with van der Waals surface area (Å²) in [6, 6.07) is 9.23. The molecule has 9 heteroatoms. The minimum Gasteiger partial charge on any atom is -0.497 e. The van der Waals surface area contributed by atoms with Crippen LogP contribution < -0.4 is 10.1 Å². The Hall–Kier alpha value is -3.49. The number of hydrogen-bond donors (Lipinski definition) is 2. The van der Waals surface area contributed by atoms with Crippen molar-refractivity contribution in [3.05, 3.63) is 36.0 Å². The topological polar surface area (TPSA) is 119 Å². The summed E-state index contributed by atoms with van der Waals surface area (Å²) in [4.78, 5) is 12.2. The second-order valence-corrected chi connectivity index (χ2v) is 4.75. The van der Waals surface area contributed by atoms with Crippen molar-refractivity contribution in [2.45, 2.75) is 0 Å². The number of aromatic nitrogens is 5. The van der Waals surface area contributed by atoms with Gasteiger partial charge in [0.25, 0.3) is 11.9 Å². The Morgan fingerprint density at radius 2 is 2.13 bits per heavy atom. The fourth-order valence-corrected chi connectivity index (χ4v) is 2.37. The van der Waals surface area contributed by atoms with Crippen LogP contribution >= 0.6 is 0 Å². The number of rotatable bonds is 3. The van der Waals surface area contributed by atoms with Crippen LogP contribution in [0.1, 0.15) is 10.5 Å². The number of H-pyrrole nitrogens is 1. The van der Waals surface area contributed by atoms with Gasteiger partial charge in [-0.3, -0.25) is 10.1 Å². The molecule has 0 bridgehead atoms. The molecular weight excluding hydrogens is 300 g/mol. The van der Waals surface area contributed by atoms with Crippen LogP contribution in [0.5, 0.6) is 5.75 Å². The van der Waals surface area contributed by atoms with Gasteiger partial charge in [-0.1, -0.05) is 16.3 Å². The van der Waals surface area contributed by atoms with Crippen LogP contribution in [0.3, 0.4) is 0 Å². The Morgan fingerprint density at radius 3 is 2.91 bits per heavy atom. The van der Waals surface area contributed by atoms with Crippen molar-refractivity contribution in [2.75, 3.05) is 12.4 Å². The number of anilines is 1. The summed E-state index contributed by atoms with van der Waals surface area (Å²) in [6.07, 6.45) is 0. The van der Waals surface area contributed by atoms with Crippen molar-refractivity contribution in [2.24, 2.45) is 0 Å². The van der Waals surface area contributed by atoms with Crippen LogP contribution in [-0.4, -0.2) is 38.8 Å². The van der Waals surface area contributed by atoms with Crippen molar-refractivity contribution in [3.8, 4) is 5.75 Å². The van der Waals surface area contributed by atoms with Crippen molar-refractivity contribution in [3.63, 3.8) is 0 Å². The normalized spacial score (nSPS) is 11.0. The lowest BCUT2D eigenvalue weighted by Gasteiger charge is -2.02. The summed E-state index contributed by atoms with van der Waals surface area (Å²) < 4.78 is 10.6. The first-order valence-electron chi connectivity index (χ1n) is 6.67. The number of nitrogens with one attached hydrogen (secondary N) is 2. The first-order chi connectivity index (χ1) is 11.3. The molecule has 2 aromatic heterocycles. The van der Waals surface area contributed by atoms with E-state index in [1.54, 1.807) is 13.2 Å². The van der Waals surface area contributed by atoms with E-state index in [9.17, 15) is 4.79 Å². The largest absolute Gasteiger partial charge is 0.497 e. The molecule has 0 aliphatic heterocycles. The van der Waals surface area contributed by atoms with Crippen LogP contribution in [-0.2, 0) is 0 Å². The van der Waals surface area contributed by atoms with Gasteiger partial charge >= 0.3 is 0 Å². The van der Waals surface area contributed by atoms with Gasteiger partial charge in [-0.25, -0.2) is 0 Å². The van der Waals surface area contributed by atoms with E-state index in [2.05, 4.69) is 31.1 Å². The van der Waals surface area contributed by atoms with Crippen LogP contribution in [0.4, 0.5) is 5.95 Å². The highest BCUT2D eigenvalue weighted by molar-refractivity contribution is 6.15. The molecule has 1 amide bonds. The molecule has 114 valence electrons. The Balaban J connectivity index is 1.80. The Labute approximate surface area is 128 Å². The van der Waals surface area contributed by atoms with Crippen molar-refractivity contribution in [1.29, 1.82) is 0 Å². The summed E-state index contributed by atoms with van der Waals surface area (Å²) in [7, 11) is 1.61. The average molecular weight is 310 g/mol. The van der Waals surface area contributed by atoms with E-state index in [0.29, 0.717) is 11.0 Å². The number of amides is 1. The molecule has 0 saturated carbocycles. The van der Waals surface area contributed by atoms with Gasteiger partial charge in [-0.2, -0.15) is 5.21 Å². The smallest absolute Gasteiger partial charge is 0.280 e. The highest BCUT2D eigenvalue weighted by Gasteiger charge is 2.19.